The van der Waals surface area contributed by atoms with Gasteiger partial charge in [-0.25, -0.2) is 0 Å². The number of ether oxygens (including phenoxy) is 2. The van der Waals surface area contributed by atoms with Crippen molar-refractivity contribution in [2.24, 2.45) is 29.1 Å². The molecule has 25 heavy (non-hydrogen) atoms. The minimum Gasteiger partial charge on any atom is -0.435 e. The summed E-state index contributed by atoms with van der Waals surface area (Å²) in [4.78, 5) is 12.7. The Kier molecular flexibility index (Phi) is 4.30. The lowest BCUT2D eigenvalue weighted by Gasteiger charge is -2.39. The third-order valence-corrected chi connectivity index (χ3v) is 12.4. The van der Waals surface area contributed by atoms with E-state index in [-0.39, 0.29) is 29.1 Å². The molecule has 1 saturated carbocycles. The molecule has 0 aromatic heterocycles. The molecule has 0 aromatic carbocycles. The topological polar surface area (TPSA) is 35.5 Å². The second-order valence-electron chi connectivity index (χ2n) is 9.52. The van der Waals surface area contributed by atoms with Gasteiger partial charge in [0.1, 0.15) is 0 Å². The number of hydrogen-bond donors (Lipinski definition) is 0. The normalized spacial score (nSPS) is 51.6. The van der Waals surface area contributed by atoms with Gasteiger partial charge in [-0.15, -0.1) is 0 Å². The van der Waals surface area contributed by atoms with Gasteiger partial charge in [0.15, 0.2) is 0 Å². The first kappa shape index (κ1) is 18.2. The SMILES string of the molecule is CC1=CP2(=S)C[C@@]1(C)[C@@H]1C(=O)O[C@@H](O[C@@H]3C[C@H](C)CC[C@H]3C(C)C)[C@@H]12. The number of esters is 1. The van der Waals surface area contributed by atoms with Crippen molar-refractivity contribution >= 4 is 23.8 Å². The van der Waals surface area contributed by atoms with Gasteiger partial charge in [-0.2, -0.15) is 0 Å². The average Bonchev–Trinajstić information content (AvgIpc) is 3.03. The van der Waals surface area contributed by atoms with Crippen LogP contribution in [0.4, 0.5) is 0 Å². The lowest BCUT2D eigenvalue weighted by molar-refractivity contribution is -0.185. The van der Waals surface area contributed by atoms with Crippen molar-refractivity contribution in [1.82, 2.24) is 0 Å². The molecule has 0 N–H and O–H groups in total. The maximum absolute atomic E-state index is 12.7. The summed E-state index contributed by atoms with van der Waals surface area (Å²) in [6.07, 6.45) is 4.33. The predicted molar refractivity (Wildman–Crippen MR) is 104 cm³/mol. The molecule has 4 aliphatic rings. The molecule has 1 unspecified atom stereocenters. The standard InChI is InChI=1S/C20H31O3PS/c1-11(2)14-7-6-12(3)8-15(14)22-19-17-16(18(21)23-19)20(5)10-24(17,25)9-13(20)4/h9,11-12,14-17,19H,6-8,10H2,1-5H3/t12-,14+,15-,16+,17-,19-,20-,24?/m1/s1. The minimum atomic E-state index is -1.72. The van der Waals surface area contributed by atoms with Gasteiger partial charge in [0.2, 0.25) is 6.29 Å². The summed E-state index contributed by atoms with van der Waals surface area (Å²) < 4.78 is 12.4. The average molecular weight is 383 g/mol. The van der Waals surface area contributed by atoms with E-state index >= 15 is 0 Å². The molecule has 3 heterocycles. The fraction of sp³-hybridized carbons (Fsp3) is 0.850. The molecule has 140 valence electrons. The smallest absolute Gasteiger partial charge is 0.313 e. The van der Waals surface area contributed by atoms with Crippen molar-refractivity contribution in [3.63, 3.8) is 0 Å². The van der Waals surface area contributed by atoms with Gasteiger partial charge in [0.05, 0.1) is 17.7 Å². The molecule has 2 bridgehead atoms. The monoisotopic (exact) mass is 382 g/mol. The summed E-state index contributed by atoms with van der Waals surface area (Å²) >= 11 is 6.12. The molecule has 5 heteroatoms. The van der Waals surface area contributed by atoms with Crippen LogP contribution in [0.3, 0.4) is 0 Å². The Morgan fingerprint density at radius 2 is 2.12 bits per heavy atom. The third-order valence-electron chi connectivity index (χ3n) is 7.46. The van der Waals surface area contributed by atoms with E-state index in [2.05, 4.69) is 40.4 Å². The Bertz CT molecular complexity index is 672. The van der Waals surface area contributed by atoms with Gasteiger partial charge in [-0.3, -0.25) is 4.79 Å². The van der Waals surface area contributed by atoms with Crippen molar-refractivity contribution in [3.05, 3.63) is 11.4 Å². The van der Waals surface area contributed by atoms with E-state index in [0.29, 0.717) is 17.8 Å². The van der Waals surface area contributed by atoms with E-state index in [1.54, 1.807) is 0 Å². The highest BCUT2D eigenvalue weighted by Gasteiger charge is 2.68. The molecule has 8 atom stereocenters. The van der Waals surface area contributed by atoms with Crippen LogP contribution in [-0.4, -0.2) is 30.2 Å². The first-order valence-electron chi connectivity index (χ1n) is 9.80. The van der Waals surface area contributed by atoms with Gasteiger partial charge >= 0.3 is 5.97 Å². The highest BCUT2D eigenvalue weighted by molar-refractivity contribution is 8.16. The molecular formula is C20H31O3PS. The largest absolute Gasteiger partial charge is 0.435 e. The van der Waals surface area contributed by atoms with Crippen LogP contribution in [0.2, 0.25) is 0 Å². The van der Waals surface area contributed by atoms with E-state index in [9.17, 15) is 4.79 Å². The molecule has 0 amide bonds. The second kappa shape index (κ2) is 5.91. The Morgan fingerprint density at radius 3 is 2.80 bits per heavy atom. The molecule has 0 spiro atoms. The molecule has 0 aromatic rings. The summed E-state index contributed by atoms with van der Waals surface area (Å²) in [6, 6.07) is -1.72. The summed E-state index contributed by atoms with van der Waals surface area (Å²) in [7, 11) is 0. The second-order valence-corrected chi connectivity index (χ2v) is 14.4. The molecule has 2 saturated heterocycles. The first-order valence-corrected chi connectivity index (χ1v) is 12.9. The lowest BCUT2D eigenvalue weighted by Crippen LogP contribution is -2.40. The highest BCUT2D eigenvalue weighted by atomic mass is 32.4. The quantitative estimate of drug-likeness (QED) is 0.521. The fourth-order valence-corrected chi connectivity index (χ4v) is 12.2. The maximum atomic E-state index is 12.7. The molecule has 3 nitrogen and oxygen atoms in total. The van der Waals surface area contributed by atoms with Crippen LogP contribution in [-0.2, 0) is 26.1 Å². The molecule has 1 aliphatic carbocycles. The number of rotatable bonds is 3. The molecule has 0 radical (unpaired) electrons. The molecule has 4 rings (SSSR count). The number of hydrogen-bond acceptors (Lipinski definition) is 4. The zero-order valence-corrected chi connectivity index (χ0v) is 17.7. The van der Waals surface area contributed by atoms with E-state index in [4.69, 9.17) is 21.3 Å². The van der Waals surface area contributed by atoms with Crippen molar-refractivity contribution in [2.75, 3.05) is 6.16 Å². The van der Waals surface area contributed by atoms with E-state index < -0.39 is 12.3 Å². The van der Waals surface area contributed by atoms with Crippen molar-refractivity contribution < 1.29 is 14.3 Å². The van der Waals surface area contributed by atoms with Gasteiger partial charge in [-0.1, -0.05) is 57.3 Å². The fourth-order valence-electron chi connectivity index (χ4n) is 5.90. The van der Waals surface area contributed by atoms with Gasteiger partial charge in [-0.05, 0) is 49.7 Å². The predicted octanol–water partition coefficient (Wildman–Crippen LogP) is 4.75. The zero-order chi connectivity index (χ0) is 18.1. The van der Waals surface area contributed by atoms with Crippen LogP contribution in [0, 0.1) is 29.1 Å². The van der Waals surface area contributed by atoms with E-state index in [1.807, 2.05) is 0 Å². The van der Waals surface area contributed by atoms with E-state index in [1.165, 1.54) is 18.4 Å². The molecule has 3 fully saturated rings. The van der Waals surface area contributed by atoms with Gasteiger partial charge in [0, 0.05) is 5.41 Å². The number of fused-ring (bicyclic) bond motifs is 5. The third kappa shape index (κ3) is 2.62. The number of carbonyl (C=O) groups is 1. The van der Waals surface area contributed by atoms with Crippen LogP contribution in [0.25, 0.3) is 0 Å². The van der Waals surface area contributed by atoms with Crippen molar-refractivity contribution in [1.29, 1.82) is 0 Å². The minimum absolute atomic E-state index is 0.0679. The summed E-state index contributed by atoms with van der Waals surface area (Å²) in [5.74, 6) is 4.01. The van der Waals surface area contributed by atoms with Crippen LogP contribution in [0.1, 0.15) is 53.9 Å². The Morgan fingerprint density at radius 1 is 1.40 bits per heavy atom. The van der Waals surface area contributed by atoms with Crippen LogP contribution < -0.4 is 0 Å². The summed E-state index contributed by atoms with van der Waals surface area (Å²) in [5.41, 5.74) is 1.32. The summed E-state index contributed by atoms with van der Waals surface area (Å²) in [5, 5.41) is 0. The van der Waals surface area contributed by atoms with Crippen molar-refractivity contribution in [2.45, 2.75) is 71.9 Å². The first-order chi connectivity index (χ1) is 11.7. The number of allylic oxidation sites excluding steroid dienone is 1. The van der Waals surface area contributed by atoms with Gasteiger partial charge in [0.25, 0.3) is 0 Å². The Hall–Kier alpha value is -0.180. The van der Waals surface area contributed by atoms with E-state index in [0.717, 1.165) is 12.6 Å². The molecular weight excluding hydrogens is 351 g/mol. The zero-order valence-electron chi connectivity index (χ0n) is 16.0. The summed E-state index contributed by atoms with van der Waals surface area (Å²) in [6.45, 7) is 11.2. The van der Waals surface area contributed by atoms with Crippen LogP contribution in [0.5, 0.6) is 0 Å². The van der Waals surface area contributed by atoms with Crippen molar-refractivity contribution in [3.8, 4) is 0 Å². The Labute approximate surface area is 156 Å². The van der Waals surface area contributed by atoms with Crippen LogP contribution >= 0.6 is 6.04 Å². The van der Waals surface area contributed by atoms with Gasteiger partial charge < -0.3 is 9.47 Å². The number of carbonyl (C=O) groups excluding carboxylic acids is 1. The maximum Gasteiger partial charge on any atom is 0.313 e. The lowest BCUT2D eigenvalue weighted by atomic mass is 9.73. The number of cyclic esters (lactones) is 1. The highest BCUT2D eigenvalue weighted by Crippen LogP contribution is 2.77. The molecule has 3 aliphatic heterocycles. The Balaban J connectivity index is 1.60. The van der Waals surface area contributed by atoms with Crippen LogP contribution in [0.15, 0.2) is 11.4 Å².